The number of carbonyl (C=O) groups is 1. The molecule has 5 nitrogen and oxygen atoms in total. The molecule has 0 saturated carbocycles. The highest BCUT2D eigenvalue weighted by molar-refractivity contribution is 6.03. The third-order valence-corrected chi connectivity index (χ3v) is 3.47. The Hall–Kier alpha value is -2.35. The number of aryl methyl sites for hydroxylation is 2. The Morgan fingerprint density at radius 2 is 2.11 bits per heavy atom. The first-order valence-electron chi connectivity index (χ1n) is 6.15. The molecule has 2 rings (SSSR count). The summed E-state index contributed by atoms with van der Waals surface area (Å²) < 4.78 is 1.51. The van der Waals surface area contributed by atoms with Crippen LogP contribution in [0.15, 0.2) is 0 Å². The van der Waals surface area contributed by atoms with Gasteiger partial charge in [-0.2, -0.15) is 10.4 Å². The molecule has 2 aromatic heterocycles. The zero-order chi connectivity index (χ0) is 14.3. The fourth-order valence-corrected chi connectivity index (χ4v) is 2.63. The molecule has 0 radical (unpaired) electrons. The Morgan fingerprint density at radius 1 is 1.47 bits per heavy atom. The van der Waals surface area contributed by atoms with E-state index in [4.69, 9.17) is 5.73 Å². The molecule has 0 aliphatic rings. The number of Topliss-reactive ketones (excluding diaryl/α,β-unsaturated/α-hetero) is 1. The van der Waals surface area contributed by atoms with Gasteiger partial charge >= 0.3 is 0 Å². The minimum absolute atomic E-state index is 0.0400. The summed E-state index contributed by atoms with van der Waals surface area (Å²) in [4.78, 5) is 11.8. The van der Waals surface area contributed by atoms with Gasteiger partial charge in [-0.1, -0.05) is 6.92 Å². The lowest BCUT2D eigenvalue weighted by Crippen LogP contribution is -2.08. The fourth-order valence-electron chi connectivity index (χ4n) is 2.63. The van der Waals surface area contributed by atoms with Crippen LogP contribution in [0.5, 0.6) is 0 Å². The van der Waals surface area contributed by atoms with Crippen LogP contribution in [0.2, 0.25) is 0 Å². The standard InChI is InChI=1S/C14H16N4O/c1-5-10-7(2)13-12(9(4)19)8(3)17-18(13)14(16)11(10)6-15/h5,16H2,1-4H3. The van der Waals surface area contributed by atoms with Crippen molar-refractivity contribution in [1.82, 2.24) is 9.61 Å². The van der Waals surface area contributed by atoms with Crippen LogP contribution in [-0.4, -0.2) is 15.4 Å². The van der Waals surface area contributed by atoms with Gasteiger partial charge in [-0.3, -0.25) is 4.79 Å². The number of hydrogen-bond acceptors (Lipinski definition) is 4. The van der Waals surface area contributed by atoms with E-state index >= 15 is 0 Å². The normalized spacial score (nSPS) is 10.7. The van der Waals surface area contributed by atoms with Gasteiger partial charge in [-0.05, 0) is 38.3 Å². The first kappa shape index (κ1) is 13.1. The molecule has 19 heavy (non-hydrogen) atoms. The minimum atomic E-state index is -0.0400. The number of nitrogen functional groups attached to an aromatic ring is 1. The van der Waals surface area contributed by atoms with Crippen molar-refractivity contribution in [2.45, 2.75) is 34.1 Å². The monoisotopic (exact) mass is 256 g/mol. The van der Waals surface area contributed by atoms with Crippen molar-refractivity contribution < 1.29 is 4.79 Å². The number of nitrogens with two attached hydrogens (primary N) is 1. The molecule has 2 N–H and O–H groups in total. The summed E-state index contributed by atoms with van der Waals surface area (Å²) in [5, 5.41) is 13.6. The van der Waals surface area contributed by atoms with Gasteiger partial charge in [-0.15, -0.1) is 0 Å². The predicted octanol–water partition coefficient (Wildman–Crippen LogP) is 2.17. The summed E-state index contributed by atoms with van der Waals surface area (Å²) >= 11 is 0. The molecule has 0 amide bonds. The maximum absolute atomic E-state index is 11.8. The van der Waals surface area contributed by atoms with E-state index in [0.717, 1.165) is 16.6 Å². The number of anilines is 1. The molecule has 0 fully saturated rings. The first-order valence-corrected chi connectivity index (χ1v) is 6.15. The number of pyridine rings is 1. The lowest BCUT2D eigenvalue weighted by Gasteiger charge is -2.12. The molecule has 0 aliphatic carbocycles. The summed E-state index contributed by atoms with van der Waals surface area (Å²) in [6.07, 6.45) is 0.691. The van der Waals surface area contributed by atoms with Gasteiger partial charge in [0.05, 0.1) is 22.3 Å². The molecule has 5 heteroatoms. The van der Waals surface area contributed by atoms with Crippen LogP contribution in [0.3, 0.4) is 0 Å². The van der Waals surface area contributed by atoms with E-state index in [9.17, 15) is 10.1 Å². The zero-order valence-corrected chi connectivity index (χ0v) is 11.5. The Labute approximate surface area is 111 Å². The van der Waals surface area contributed by atoms with Crippen molar-refractivity contribution in [2.75, 3.05) is 5.73 Å². The van der Waals surface area contributed by atoms with Crippen molar-refractivity contribution in [1.29, 1.82) is 5.26 Å². The number of aromatic nitrogens is 2. The number of rotatable bonds is 2. The maximum Gasteiger partial charge on any atom is 0.163 e. The van der Waals surface area contributed by atoms with Gasteiger partial charge in [0.25, 0.3) is 0 Å². The average Bonchev–Trinajstić information content (AvgIpc) is 2.71. The average molecular weight is 256 g/mol. The first-order chi connectivity index (χ1) is 8.93. The van der Waals surface area contributed by atoms with Crippen molar-refractivity contribution in [3.05, 3.63) is 27.9 Å². The SMILES string of the molecule is CCc1c(C#N)c(N)n2nc(C)c(C(C)=O)c2c1C. The van der Waals surface area contributed by atoms with Crippen LogP contribution in [0.1, 0.15) is 46.6 Å². The molecule has 0 unspecified atom stereocenters. The fraction of sp³-hybridized carbons (Fsp3) is 0.357. The van der Waals surface area contributed by atoms with E-state index in [1.54, 1.807) is 6.92 Å². The van der Waals surface area contributed by atoms with E-state index < -0.39 is 0 Å². The number of fused-ring (bicyclic) bond motifs is 1. The summed E-state index contributed by atoms with van der Waals surface area (Å²) in [5.41, 5.74) is 10.2. The largest absolute Gasteiger partial charge is 0.383 e. The summed E-state index contributed by atoms with van der Waals surface area (Å²) in [7, 11) is 0. The molecule has 0 saturated heterocycles. The highest BCUT2D eigenvalue weighted by Gasteiger charge is 2.22. The van der Waals surface area contributed by atoms with E-state index in [-0.39, 0.29) is 5.78 Å². The van der Waals surface area contributed by atoms with Crippen LogP contribution >= 0.6 is 0 Å². The second-order valence-electron chi connectivity index (χ2n) is 4.61. The Bertz CT molecular complexity index is 734. The molecule has 0 bridgehead atoms. The van der Waals surface area contributed by atoms with Crippen LogP contribution < -0.4 is 5.73 Å². The van der Waals surface area contributed by atoms with E-state index in [0.29, 0.717) is 29.1 Å². The van der Waals surface area contributed by atoms with Gasteiger partial charge in [0, 0.05) is 0 Å². The summed E-state index contributed by atoms with van der Waals surface area (Å²) in [6, 6.07) is 2.13. The third-order valence-electron chi connectivity index (χ3n) is 3.47. The second kappa shape index (κ2) is 4.39. The van der Waals surface area contributed by atoms with Crippen LogP contribution in [-0.2, 0) is 6.42 Å². The van der Waals surface area contributed by atoms with Gasteiger partial charge in [0.15, 0.2) is 5.78 Å². The Kier molecular flexibility index (Phi) is 3.03. The molecule has 98 valence electrons. The third kappa shape index (κ3) is 1.68. The molecule has 0 atom stereocenters. The van der Waals surface area contributed by atoms with Crippen LogP contribution in [0.4, 0.5) is 5.82 Å². The van der Waals surface area contributed by atoms with Crippen molar-refractivity contribution in [3.8, 4) is 6.07 Å². The van der Waals surface area contributed by atoms with E-state index in [1.807, 2.05) is 13.8 Å². The molecule has 0 aromatic carbocycles. The maximum atomic E-state index is 11.8. The van der Waals surface area contributed by atoms with Crippen molar-refractivity contribution in [2.24, 2.45) is 0 Å². The van der Waals surface area contributed by atoms with Crippen molar-refractivity contribution >= 4 is 17.1 Å². The van der Waals surface area contributed by atoms with Crippen LogP contribution in [0, 0.1) is 25.2 Å². The minimum Gasteiger partial charge on any atom is -0.383 e. The molecule has 0 aliphatic heterocycles. The molecular formula is C14H16N4O. The number of nitriles is 1. The summed E-state index contributed by atoms with van der Waals surface area (Å²) in [5.74, 6) is 0.261. The van der Waals surface area contributed by atoms with Gasteiger partial charge in [0.1, 0.15) is 11.9 Å². The van der Waals surface area contributed by atoms with Gasteiger partial charge in [-0.25, -0.2) is 4.52 Å². The number of nitrogens with zero attached hydrogens (tertiary/aromatic N) is 3. The molecular weight excluding hydrogens is 240 g/mol. The highest BCUT2D eigenvalue weighted by Crippen LogP contribution is 2.29. The Morgan fingerprint density at radius 3 is 2.58 bits per heavy atom. The van der Waals surface area contributed by atoms with Gasteiger partial charge < -0.3 is 5.73 Å². The Balaban J connectivity index is 3.08. The molecule has 2 aromatic rings. The summed E-state index contributed by atoms with van der Waals surface area (Å²) in [6.45, 7) is 7.17. The molecule has 0 spiro atoms. The lowest BCUT2D eigenvalue weighted by molar-refractivity contribution is 0.101. The van der Waals surface area contributed by atoms with E-state index in [1.165, 1.54) is 11.4 Å². The zero-order valence-electron chi connectivity index (χ0n) is 11.5. The number of hydrogen-bond donors (Lipinski definition) is 1. The quantitative estimate of drug-likeness (QED) is 0.834. The highest BCUT2D eigenvalue weighted by atomic mass is 16.1. The van der Waals surface area contributed by atoms with E-state index in [2.05, 4.69) is 11.2 Å². The number of ketones is 1. The number of carbonyl (C=O) groups excluding carboxylic acids is 1. The second-order valence-corrected chi connectivity index (χ2v) is 4.61. The topological polar surface area (TPSA) is 84.2 Å². The molecule has 2 heterocycles. The lowest BCUT2D eigenvalue weighted by atomic mass is 9.98. The van der Waals surface area contributed by atoms with Crippen molar-refractivity contribution in [3.63, 3.8) is 0 Å². The smallest absolute Gasteiger partial charge is 0.163 e. The van der Waals surface area contributed by atoms with Crippen LogP contribution in [0.25, 0.3) is 5.52 Å². The van der Waals surface area contributed by atoms with Gasteiger partial charge in [0.2, 0.25) is 0 Å². The predicted molar refractivity (Wildman–Crippen MR) is 73.2 cm³/mol.